The highest BCUT2D eigenvalue weighted by Crippen LogP contribution is 2.32. The number of hydrogen-bond donors (Lipinski definition) is 1. The first-order valence-electron chi connectivity index (χ1n) is 7.90. The van der Waals surface area contributed by atoms with Crippen LogP contribution in [0, 0.1) is 0 Å². The summed E-state index contributed by atoms with van der Waals surface area (Å²) in [4.78, 5) is 4.63. The van der Waals surface area contributed by atoms with E-state index in [1.807, 2.05) is 22.7 Å². The van der Waals surface area contributed by atoms with Gasteiger partial charge in [-0.15, -0.1) is 10.2 Å². The number of imidazole rings is 1. The molecule has 0 saturated carbocycles. The molecule has 0 saturated heterocycles. The molecule has 0 fully saturated rings. The number of fused-ring (bicyclic) bond motifs is 1. The van der Waals surface area contributed by atoms with Gasteiger partial charge in [0.05, 0.1) is 30.1 Å². The van der Waals surface area contributed by atoms with Gasteiger partial charge < -0.3 is 9.84 Å². The third-order valence-corrected chi connectivity index (χ3v) is 4.11. The molecule has 1 N–H and O–H groups in total. The summed E-state index contributed by atoms with van der Waals surface area (Å²) in [5.41, 5.74) is 3.01. The molecule has 0 atom stereocenters. The van der Waals surface area contributed by atoms with Crippen molar-refractivity contribution in [3.63, 3.8) is 0 Å². The highest BCUT2D eigenvalue weighted by atomic mass is 35.5. The Bertz CT molecular complexity index is 934. The van der Waals surface area contributed by atoms with Crippen LogP contribution in [-0.4, -0.2) is 21.6 Å². The van der Waals surface area contributed by atoms with E-state index in [2.05, 4.69) is 29.1 Å². The van der Waals surface area contributed by atoms with Crippen LogP contribution in [0.25, 0.3) is 5.65 Å². The highest BCUT2D eigenvalue weighted by Gasteiger charge is 2.15. The summed E-state index contributed by atoms with van der Waals surface area (Å²) < 4.78 is 7.01. The number of benzene rings is 1. The van der Waals surface area contributed by atoms with Crippen molar-refractivity contribution >= 4 is 28.8 Å². The summed E-state index contributed by atoms with van der Waals surface area (Å²) in [6.45, 7) is 4.08. The van der Waals surface area contributed by atoms with E-state index in [9.17, 15) is 5.11 Å². The van der Waals surface area contributed by atoms with Crippen molar-refractivity contribution in [1.29, 1.82) is 0 Å². The van der Waals surface area contributed by atoms with Crippen molar-refractivity contribution in [1.82, 2.24) is 9.38 Å². The summed E-state index contributed by atoms with van der Waals surface area (Å²) in [5.74, 6) is 1.45. The number of aliphatic hydroxyl groups excluding tert-OH is 1. The second-order valence-corrected chi connectivity index (χ2v) is 6.32. The quantitative estimate of drug-likeness (QED) is 0.650. The van der Waals surface area contributed by atoms with Crippen LogP contribution in [0.3, 0.4) is 0 Å². The molecule has 1 aromatic carbocycles. The standard InChI is InChI=1S/C18H19ClN4O2/c1-11(2)17-18(23-7-6-12(10-24)8-16(23)20-17)22-21-13-4-5-15(25-3)14(19)9-13/h4-9,11,24H,10H2,1-3H3. The van der Waals surface area contributed by atoms with Crippen molar-refractivity contribution in [2.45, 2.75) is 26.4 Å². The number of aliphatic hydroxyl groups is 1. The van der Waals surface area contributed by atoms with Crippen LogP contribution in [0.15, 0.2) is 46.8 Å². The number of ether oxygens (including phenoxy) is 1. The van der Waals surface area contributed by atoms with Gasteiger partial charge in [0.15, 0.2) is 5.82 Å². The molecule has 0 bridgehead atoms. The fourth-order valence-corrected chi connectivity index (χ4v) is 2.75. The molecule has 2 heterocycles. The number of rotatable bonds is 5. The molecule has 2 aromatic heterocycles. The number of hydrogen-bond acceptors (Lipinski definition) is 5. The molecule has 0 aliphatic heterocycles. The molecule has 0 radical (unpaired) electrons. The van der Waals surface area contributed by atoms with Crippen LogP contribution in [-0.2, 0) is 6.61 Å². The summed E-state index contributed by atoms with van der Waals surface area (Å²) in [6, 6.07) is 8.92. The summed E-state index contributed by atoms with van der Waals surface area (Å²) in [6.07, 6.45) is 1.84. The molecule has 0 amide bonds. The van der Waals surface area contributed by atoms with E-state index >= 15 is 0 Å². The lowest BCUT2D eigenvalue weighted by Gasteiger charge is -2.03. The Kier molecular flexibility index (Phi) is 5.01. The molecule has 0 aliphatic rings. The molecule has 6 nitrogen and oxygen atoms in total. The van der Waals surface area contributed by atoms with E-state index in [1.165, 1.54) is 0 Å². The molecule has 0 unspecified atom stereocenters. The number of pyridine rings is 1. The van der Waals surface area contributed by atoms with Gasteiger partial charge in [-0.3, -0.25) is 4.40 Å². The van der Waals surface area contributed by atoms with Crippen LogP contribution >= 0.6 is 11.6 Å². The molecular weight excluding hydrogens is 340 g/mol. The number of methoxy groups -OCH3 is 1. The van der Waals surface area contributed by atoms with Crippen LogP contribution in [0.4, 0.5) is 11.5 Å². The maximum Gasteiger partial charge on any atom is 0.183 e. The Morgan fingerprint density at radius 1 is 1.24 bits per heavy atom. The molecule has 0 aliphatic carbocycles. The van der Waals surface area contributed by atoms with Crippen LogP contribution in [0.1, 0.15) is 31.0 Å². The average molecular weight is 359 g/mol. The molecule has 7 heteroatoms. The number of nitrogens with zero attached hydrogens (tertiary/aromatic N) is 4. The number of halogens is 1. The van der Waals surface area contributed by atoms with Crippen molar-refractivity contribution in [3.05, 3.63) is 52.8 Å². The van der Waals surface area contributed by atoms with Gasteiger partial charge in [-0.05, 0) is 41.8 Å². The predicted molar refractivity (Wildman–Crippen MR) is 97.4 cm³/mol. The zero-order valence-electron chi connectivity index (χ0n) is 14.3. The Labute approximate surface area is 150 Å². The van der Waals surface area contributed by atoms with E-state index < -0.39 is 0 Å². The third kappa shape index (κ3) is 3.50. The lowest BCUT2D eigenvalue weighted by Crippen LogP contribution is -1.88. The number of aromatic nitrogens is 2. The molecule has 3 aromatic rings. The normalized spacial score (nSPS) is 11.8. The van der Waals surface area contributed by atoms with Gasteiger partial charge in [0.1, 0.15) is 11.4 Å². The second-order valence-electron chi connectivity index (χ2n) is 5.92. The average Bonchev–Trinajstić information content (AvgIpc) is 2.98. The zero-order valence-corrected chi connectivity index (χ0v) is 15.0. The number of azo groups is 1. The van der Waals surface area contributed by atoms with E-state index in [0.29, 0.717) is 22.3 Å². The maximum absolute atomic E-state index is 9.30. The Morgan fingerprint density at radius 2 is 2.04 bits per heavy atom. The zero-order chi connectivity index (χ0) is 18.0. The van der Waals surface area contributed by atoms with Crippen molar-refractivity contribution < 1.29 is 9.84 Å². The van der Waals surface area contributed by atoms with Crippen LogP contribution < -0.4 is 4.74 Å². The fourth-order valence-electron chi connectivity index (χ4n) is 2.50. The molecule has 3 rings (SSSR count). The first-order valence-corrected chi connectivity index (χ1v) is 8.28. The minimum absolute atomic E-state index is 0.0262. The smallest absolute Gasteiger partial charge is 0.183 e. The van der Waals surface area contributed by atoms with Crippen LogP contribution in [0.2, 0.25) is 5.02 Å². The van der Waals surface area contributed by atoms with Gasteiger partial charge in [0.2, 0.25) is 0 Å². The van der Waals surface area contributed by atoms with Gasteiger partial charge in [0, 0.05) is 6.20 Å². The predicted octanol–water partition coefficient (Wildman–Crippen LogP) is 5.03. The Morgan fingerprint density at radius 3 is 2.68 bits per heavy atom. The molecule has 0 spiro atoms. The van der Waals surface area contributed by atoms with Crippen molar-refractivity contribution in [2.75, 3.05) is 7.11 Å². The fraction of sp³-hybridized carbons (Fsp3) is 0.278. The van der Waals surface area contributed by atoms with Crippen LogP contribution in [0.5, 0.6) is 5.75 Å². The minimum atomic E-state index is -0.0262. The maximum atomic E-state index is 9.30. The largest absolute Gasteiger partial charge is 0.495 e. The van der Waals surface area contributed by atoms with Gasteiger partial charge >= 0.3 is 0 Å². The first kappa shape index (κ1) is 17.4. The molecule has 130 valence electrons. The SMILES string of the molecule is COc1ccc(N=Nc2c(C(C)C)nc3cc(CO)ccn23)cc1Cl. The first-order chi connectivity index (χ1) is 12.0. The molecule has 25 heavy (non-hydrogen) atoms. The lowest BCUT2D eigenvalue weighted by molar-refractivity contribution is 0.282. The van der Waals surface area contributed by atoms with Gasteiger partial charge in [-0.2, -0.15) is 0 Å². The van der Waals surface area contributed by atoms with Gasteiger partial charge in [-0.1, -0.05) is 25.4 Å². The van der Waals surface area contributed by atoms with E-state index in [4.69, 9.17) is 16.3 Å². The minimum Gasteiger partial charge on any atom is -0.495 e. The van der Waals surface area contributed by atoms with E-state index in [1.54, 1.807) is 25.3 Å². The highest BCUT2D eigenvalue weighted by molar-refractivity contribution is 6.32. The van der Waals surface area contributed by atoms with Crippen molar-refractivity contribution in [2.24, 2.45) is 10.2 Å². The van der Waals surface area contributed by atoms with E-state index in [0.717, 1.165) is 16.9 Å². The Hall–Kier alpha value is -2.44. The second kappa shape index (κ2) is 7.21. The molecular formula is C18H19ClN4O2. The lowest BCUT2D eigenvalue weighted by atomic mass is 10.1. The van der Waals surface area contributed by atoms with Gasteiger partial charge in [-0.25, -0.2) is 4.98 Å². The topological polar surface area (TPSA) is 71.5 Å². The van der Waals surface area contributed by atoms with Gasteiger partial charge in [0.25, 0.3) is 0 Å². The summed E-state index contributed by atoms with van der Waals surface area (Å²) in [5, 5.41) is 18.5. The van der Waals surface area contributed by atoms with Crippen molar-refractivity contribution in [3.8, 4) is 5.75 Å². The monoisotopic (exact) mass is 358 g/mol. The Balaban J connectivity index is 2.04. The van der Waals surface area contributed by atoms with E-state index in [-0.39, 0.29) is 12.5 Å². The summed E-state index contributed by atoms with van der Waals surface area (Å²) >= 11 is 6.13. The summed E-state index contributed by atoms with van der Waals surface area (Å²) in [7, 11) is 1.57. The third-order valence-electron chi connectivity index (χ3n) is 3.82.